The van der Waals surface area contributed by atoms with Crippen LogP contribution in [-0.2, 0) is 11.2 Å². The first kappa shape index (κ1) is 24.8. The van der Waals surface area contributed by atoms with Crippen molar-refractivity contribution < 1.29 is 24.1 Å². The molecule has 2 aromatic rings. The van der Waals surface area contributed by atoms with Gasteiger partial charge in [-0.1, -0.05) is 13.0 Å². The molecule has 0 bridgehead atoms. The van der Waals surface area contributed by atoms with Crippen molar-refractivity contribution in [1.29, 1.82) is 0 Å². The van der Waals surface area contributed by atoms with Crippen molar-refractivity contribution in [3.05, 3.63) is 47.0 Å². The molecule has 7 nitrogen and oxygen atoms in total. The zero-order valence-corrected chi connectivity index (χ0v) is 21.5. The number of anilines is 1. The zero-order valence-electron chi connectivity index (χ0n) is 21.5. The Morgan fingerprint density at radius 1 is 1.14 bits per heavy atom. The third-order valence-corrected chi connectivity index (χ3v) is 9.17. The molecule has 2 aromatic carbocycles. The number of fused-ring (bicyclic) bond motifs is 5. The van der Waals surface area contributed by atoms with Crippen LogP contribution < -0.4 is 20.5 Å². The van der Waals surface area contributed by atoms with Crippen LogP contribution in [0.4, 0.5) is 5.69 Å². The first-order valence-corrected chi connectivity index (χ1v) is 13.1. The van der Waals surface area contributed by atoms with Crippen LogP contribution in [0.5, 0.6) is 17.2 Å². The van der Waals surface area contributed by atoms with Gasteiger partial charge in [0.25, 0.3) is 5.91 Å². The van der Waals surface area contributed by atoms with E-state index in [-0.39, 0.29) is 34.3 Å². The fraction of sp³-hybridized carbons (Fsp3) is 0.552. The molecule has 0 saturated heterocycles. The number of rotatable bonds is 7. The third kappa shape index (κ3) is 4.17. The fourth-order valence-corrected chi connectivity index (χ4v) is 7.34. The maximum absolute atomic E-state index is 12.7. The second-order valence-corrected chi connectivity index (χ2v) is 10.8. The van der Waals surface area contributed by atoms with Gasteiger partial charge >= 0.3 is 0 Å². The van der Waals surface area contributed by atoms with E-state index in [2.05, 4.69) is 30.4 Å². The monoisotopic (exact) mass is 494 g/mol. The van der Waals surface area contributed by atoms with Crippen molar-refractivity contribution in [1.82, 2.24) is 5.32 Å². The summed E-state index contributed by atoms with van der Waals surface area (Å²) >= 11 is 0. The van der Waals surface area contributed by atoms with Gasteiger partial charge in [-0.2, -0.15) is 0 Å². The number of methoxy groups -OCH3 is 2. The number of phenols is 1. The Bertz CT molecular complexity index is 1130. The standard InChI is InChI=1S/C29H38N2O5/c1-29-13-12-20-19-7-5-18(34-2)16-17(19)4-6-21(20)22(29)8-11-25(29)36-15-14-31-28(33)26-24(35-3)10-9-23(30)27(26)32/h5,7,9-10,16,20-22,25,32H,4,6,8,11-15,30H2,1-3H3,(H,31,33). The van der Waals surface area contributed by atoms with Crippen LogP contribution >= 0.6 is 0 Å². The number of phenolic OH excluding ortho intramolecular Hbond substituents is 1. The zero-order chi connectivity index (χ0) is 25.4. The fourth-order valence-electron chi connectivity index (χ4n) is 7.34. The van der Waals surface area contributed by atoms with Gasteiger partial charge in [-0.05, 0) is 97.1 Å². The Kier molecular flexibility index (Phi) is 6.77. The molecule has 194 valence electrons. The molecule has 7 heteroatoms. The molecule has 0 aromatic heterocycles. The maximum Gasteiger partial charge on any atom is 0.259 e. The van der Waals surface area contributed by atoms with Gasteiger partial charge in [0.2, 0.25) is 0 Å². The van der Waals surface area contributed by atoms with E-state index in [1.54, 1.807) is 13.2 Å². The summed E-state index contributed by atoms with van der Waals surface area (Å²) < 4.78 is 17.1. The molecule has 2 fully saturated rings. The van der Waals surface area contributed by atoms with Gasteiger partial charge in [-0.15, -0.1) is 0 Å². The summed E-state index contributed by atoms with van der Waals surface area (Å²) in [5.74, 6) is 2.57. The lowest BCUT2D eigenvalue weighted by Gasteiger charge is -2.50. The van der Waals surface area contributed by atoms with Crippen LogP contribution in [0.25, 0.3) is 0 Å². The molecule has 36 heavy (non-hydrogen) atoms. The number of aromatic hydroxyl groups is 1. The smallest absolute Gasteiger partial charge is 0.259 e. The van der Waals surface area contributed by atoms with Gasteiger partial charge in [0.15, 0.2) is 5.75 Å². The number of hydrogen-bond donors (Lipinski definition) is 3. The summed E-state index contributed by atoms with van der Waals surface area (Å²) in [5.41, 5.74) is 9.12. The number of carbonyl (C=O) groups is 1. The molecule has 1 amide bonds. The molecule has 2 saturated carbocycles. The number of aryl methyl sites for hydroxylation is 1. The first-order valence-electron chi connectivity index (χ1n) is 13.1. The molecule has 5 unspecified atom stereocenters. The summed E-state index contributed by atoms with van der Waals surface area (Å²) in [7, 11) is 3.19. The lowest BCUT2D eigenvalue weighted by atomic mass is 9.55. The molecular weight excluding hydrogens is 456 g/mol. The minimum absolute atomic E-state index is 0.0546. The lowest BCUT2D eigenvalue weighted by Crippen LogP contribution is -2.45. The minimum Gasteiger partial charge on any atom is -0.505 e. The molecule has 3 aliphatic rings. The van der Waals surface area contributed by atoms with E-state index in [9.17, 15) is 9.90 Å². The number of nitrogens with two attached hydrogens (primary N) is 1. The number of hydrogen-bond acceptors (Lipinski definition) is 6. The van der Waals surface area contributed by atoms with E-state index >= 15 is 0 Å². The highest BCUT2D eigenvalue weighted by atomic mass is 16.5. The molecular formula is C29H38N2O5. The summed E-state index contributed by atoms with van der Waals surface area (Å²) in [5, 5.41) is 13.1. The average molecular weight is 495 g/mol. The molecule has 4 N–H and O–H groups in total. The van der Waals surface area contributed by atoms with Gasteiger partial charge in [-0.3, -0.25) is 4.79 Å². The summed E-state index contributed by atoms with van der Waals surface area (Å²) in [4.78, 5) is 12.7. The Morgan fingerprint density at radius 2 is 1.97 bits per heavy atom. The Balaban J connectivity index is 1.19. The molecule has 5 atom stereocenters. The number of benzene rings is 2. The Labute approximate surface area is 213 Å². The molecule has 0 spiro atoms. The van der Waals surface area contributed by atoms with E-state index in [4.69, 9.17) is 19.9 Å². The maximum atomic E-state index is 12.7. The highest BCUT2D eigenvalue weighted by Gasteiger charge is 2.55. The minimum atomic E-state index is -0.422. The van der Waals surface area contributed by atoms with Crippen LogP contribution in [0.3, 0.4) is 0 Å². The lowest BCUT2D eigenvalue weighted by molar-refractivity contribution is -0.0624. The predicted molar refractivity (Wildman–Crippen MR) is 139 cm³/mol. The quantitative estimate of drug-likeness (QED) is 0.294. The van der Waals surface area contributed by atoms with Crippen molar-refractivity contribution in [2.45, 2.75) is 57.5 Å². The first-order chi connectivity index (χ1) is 17.4. The number of nitrogens with one attached hydrogen (secondary N) is 1. The average Bonchev–Trinajstić information content (AvgIpc) is 3.23. The normalized spacial score (nSPS) is 28.5. The number of carbonyl (C=O) groups excluding carboxylic acids is 1. The van der Waals surface area contributed by atoms with Gasteiger partial charge < -0.3 is 30.4 Å². The Morgan fingerprint density at radius 3 is 2.75 bits per heavy atom. The van der Waals surface area contributed by atoms with Crippen molar-refractivity contribution in [3.8, 4) is 17.2 Å². The van der Waals surface area contributed by atoms with Gasteiger partial charge in [-0.25, -0.2) is 0 Å². The molecule has 0 aliphatic heterocycles. The van der Waals surface area contributed by atoms with Crippen LogP contribution in [0.2, 0.25) is 0 Å². The summed E-state index contributed by atoms with van der Waals surface area (Å²) in [6, 6.07) is 9.74. The largest absolute Gasteiger partial charge is 0.505 e. The van der Waals surface area contributed by atoms with Crippen LogP contribution in [0, 0.1) is 17.3 Å². The van der Waals surface area contributed by atoms with Crippen LogP contribution in [0.1, 0.15) is 66.4 Å². The van der Waals surface area contributed by atoms with Gasteiger partial charge in [0.1, 0.15) is 17.1 Å². The van der Waals surface area contributed by atoms with E-state index in [0.29, 0.717) is 30.9 Å². The van der Waals surface area contributed by atoms with Gasteiger partial charge in [0.05, 0.1) is 32.6 Å². The second kappa shape index (κ2) is 9.85. The molecule has 3 aliphatic carbocycles. The molecule has 5 rings (SSSR count). The Hall–Kier alpha value is -2.93. The summed E-state index contributed by atoms with van der Waals surface area (Å²) in [6.07, 6.45) is 7.19. The van der Waals surface area contributed by atoms with Crippen LogP contribution in [-0.4, -0.2) is 44.5 Å². The van der Waals surface area contributed by atoms with Crippen molar-refractivity contribution in [2.24, 2.45) is 17.3 Å². The third-order valence-electron chi connectivity index (χ3n) is 9.17. The van der Waals surface area contributed by atoms with Crippen molar-refractivity contribution in [2.75, 3.05) is 33.1 Å². The molecule has 0 heterocycles. The van der Waals surface area contributed by atoms with E-state index in [1.165, 1.54) is 43.6 Å². The van der Waals surface area contributed by atoms with E-state index in [0.717, 1.165) is 25.0 Å². The summed E-state index contributed by atoms with van der Waals surface area (Å²) in [6.45, 7) is 3.21. The number of nitrogen functional groups attached to an aromatic ring is 1. The number of amides is 1. The van der Waals surface area contributed by atoms with Crippen molar-refractivity contribution >= 4 is 11.6 Å². The second-order valence-electron chi connectivity index (χ2n) is 10.8. The highest BCUT2D eigenvalue weighted by molar-refractivity contribution is 6.01. The van der Waals surface area contributed by atoms with Crippen LogP contribution in [0.15, 0.2) is 30.3 Å². The predicted octanol–water partition coefficient (Wildman–Crippen LogP) is 4.66. The van der Waals surface area contributed by atoms with E-state index < -0.39 is 5.91 Å². The van der Waals surface area contributed by atoms with E-state index in [1.807, 2.05) is 0 Å². The molecule has 0 radical (unpaired) electrons. The highest BCUT2D eigenvalue weighted by Crippen LogP contribution is 2.61. The van der Waals surface area contributed by atoms with Crippen molar-refractivity contribution in [3.63, 3.8) is 0 Å². The number of ether oxygens (including phenoxy) is 3. The SMILES string of the molecule is COc1ccc2c(c1)CCC1C2CCC2(C)C(OCCNC(=O)c3c(OC)ccc(N)c3O)CCC12. The van der Waals surface area contributed by atoms with Gasteiger partial charge in [0, 0.05) is 6.54 Å². The topological polar surface area (TPSA) is 103 Å².